The van der Waals surface area contributed by atoms with Crippen molar-refractivity contribution < 1.29 is 14.3 Å². The van der Waals surface area contributed by atoms with Crippen LogP contribution in [-0.4, -0.2) is 64.0 Å². The Balaban J connectivity index is 1.54. The second kappa shape index (κ2) is 10.1. The molecule has 2 heterocycles. The lowest BCUT2D eigenvalue weighted by Crippen LogP contribution is -2.48. The molecular formula is C27H35N5O3. The van der Waals surface area contributed by atoms with Gasteiger partial charge in [-0.1, -0.05) is 36.8 Å². The maximum atomic E-state index is 13.4. The van der Waals surface area contributed by atoms with Crippen LogP contribution in [0.25, 0.3) is 10.9 Å². The van der Waals surface area contributed by atoms with Crippen molar-refractivity contribution in [2.75, 3.05) is 26.0 Å². The molecule has 0 aliphatic carbocycles. The van der Waals surface area contributed by atoms with Crippen molar-refractivity contribution >= 4 is 28.7 Å². The number of likely N-dealkylation sites (N-methyl/N-ethyl adjacent to an activating group) is 2. The number of ether oxygens (including phenoxy) is 1. The molecule has 1 saturated heterocycles. The highest BCUT2D eigenvalue weighted by molar-refractivity contribution is 5.94. The van der Waals surface area contributed by atoms with Crippen LogP contribution in [0.1, 0.15) is 51.6 Å². The van der Waals surface area contributed by atoms with Gasteiger partial charge in [0.05, 0.1) is 17.8 Å². The van der Waals surface area contributed by atoms with Gasteiger partial charge in [0.25, 0.3) is 0 Å². The number of benzene rings is 2. The van der Waals surface area contributed by atoms with Crippen LogP contribution >= 0.6 is 0 Å². The first-order chi connectivity index (χ1) is 16.6. The summed E-state index contributed by atoms with van der Waals surface area (Å²) >= 11 is 0. The average molecular weight is 478 g/mol. The predicted octanol–water partition coefficient (Wildman–Crippen LogP) is 5.51. The quantitative estimate of drug-likeness (QED) is 0.536. The van der Waals surface area contributed by atoms with Crippen LogP contribution in [0.4, 0.5) is 15.3 Å². The van der Waals surface area contributed by atoms with Gasteiger partial charge in [0, 0.05) is 24.2 Å². The second-order valence-electron chi connectivity index (χ2n) is 10.3. The molecule has 8 heteroatoms. The van der Waals surface area contributed by atoms with E-state index in [0.29, 0.717) is 11.2 Å². The van der Waals surface area contributed by atoms with Crippen LogP contribution < -0.4 is 5.32 Å². The Morgan fingerprint density at radius 1 is 1.14 bits per heavy atom. The number of nitrogens with zero attached hydrogens (tertiary/aromatic N) is 4. The van der Waals surface area contributed by atoms with Crippen LogP contribution in [0.2, 0.25) is 0 Å². The van der Waals surface area contributed by atoms with E-state index in [1.807, 2.05) is 52.1 Å². The Bertz CT molecular complexity index is 1180. The molecule has 1 aromatic heterocycles. The van der Waals surface area contributed by atoms with Gasteiger partial charge < -0.3 is 19.9 Å². The second-order valence-corrected chi connectivity index (χ2v) is 10.3. The summed E-state index contributed by atoms with van der Waals surface area (Å²) in [5.41, 5.74) is 1.77. The number of likely N-dealkylation sites (tertiary alicyclic amines) is 1. The molecule has 0 unspecified atom stereocenters. The summed E-state index contributed by atoms with van der Waals surface area (Å²) in [6, 6.07) is 15.6. The Morgan fingerprint density at radius 2 is 1.89 bits per heavy atom. The molecule has 1 fully saturated rings. The number of carbonyl (C=O) groups is 2. The van der Waals surface area contributed by atoms with Gasteiger partial charge in [-0.25, -0.2) is 9.59 Å². The smallest absolute Gasteiger partial charge is 0.435 e. The van der Waals surface area contributed by atoms with Crippen molar-refractivity contribution in [1.29, 1.82) is 0 Å². The van der Waals surface area contributed by atoms with Gasteiger partial charge in [0.15, 0.2) is 0 Å². The van der Waals surface area contributed by atoms with Crippen LogP contribution in [0, 0.1) is 0 Å². The largest absolute Gasteiger partial charge is 0.442 e. The fraction of sp³-hybridized carbons (Fsp3) is 0.444. The van der Waals surface area contributed by atoms with E-state index in [1.165, 1.54) is 11.1 Å². The van der Waals surface area contributed by atoms with Gasteiger partial charge in [0.2, 0.25) is 0 Å². The third kappa shape index (κ3) is 5.65. The van der Waals surface area contributed by atoms with E-state index in [2.05, 4.69) is 34.5 Å². The standard InChI is InChI=1S/C27H35N5O3/c1-27(2,3)35-26(34)32-22-15-14-21(17-20(22)18-28-32)29-25(33)31(5)24(19-11-7-6-8-12-19)23-13-9-10-16-30(23)4/h6-8,11-12,14-15,17-18,23-24H,9-10,13,16H2,1-5H3,(H,29,33)/t23-,24+/m1/s1. The van der Waals surface area contributed by atoms with Gasteiger partial charge in [-0.15, -0.1) is 0 Å². The van der Waals surface area contributed by atoms with Crippen LogP contribution in [0.15, 0.2) is 54.7 Å². The van der Waals surface area contributed by atoms with Gasteiger partial charge in [-0.05, 0) is 71.0 Å². The first-order valence-corrected chi connectivity index (χ1v) is 12.1. The molecule has 35 heavy (non-hydrogen) atoms. The SMILES string of the molecule is CN1CCCC[C@@H]1[C@H](c1ccccc1)N(C)C(=O)Nc1ccc2c(cnn2C(=O)OC(C)(C)C)c1. The molecule has 2 amide bonds. The molecule has 2 atom stereocenters. The molecule has 1 N–H and O–H groups in total. The Morgan fingerprint density at radius 3 is 2.57 bits per heavy atom. The van der Waals surface area contributed by atoms with Gasteiger partial charge in [-0.3, -0.25) is 0 Å². The highest BCUT2D eigenvalue weighted by atomic mass is 16.6. The molecule has 1 aliphatic rings. The number of fused-ring (bicyclic) bond motifs is 1. The molecule has 8 nitrogen and oxygen atoms in total. The average Bonchev–Trinajstić information content (AvgIpc) is 3.23. The number of amides is 2. The zero-order chi connectivity index (χ0) is 25.2. The van der Waals surface area contributed by atoms with E-state index >= 15 is 0 Å². The Kier molecular flexibility index (Phi) is 7.12. The van der Waals surface area contributed by atoms with Crippen molar-refractivity contribution in [3.8, 4) is 0 Å². The first-order valence-electron chi connectivity index (χ1n) is 12.1. The molecule has 0 radical (unpaired) electrons. The van der Waals surface area contributed by atoms with E-state index in [1.54, 1.807) is 23.2 Å². The summed E-state index contributed by atoms with van der Waals surface area (Å²) in [7, 11) is 4.00. The fourth-order valence-corrected chi connectivity index (χ4v) is 4.75. The van der Waals surface area contributed by atoms with Crippen LogP contribution in [-0.2, 0) is 4.74 Å². The van der Waals surface area contributed by atoms with E-state index in [0.717, 1.165) is 30.3 Å². The van der Waals surface area contributed by atoms with E-state index < -0.39 is 11.7 Å². The summed E-state index contributed by atoms with van der Waals surface area (Å²) in [5.74, 6) is 0. The molecular weight excluding hydrogens is 442 g/mol. The van der Waals surface area contributed by atoms with Crippen molar-refractivity contribution in [1.82, 2.24) is 19.6 Å². The van der Waals surface area contributed by atoms with Crippen LogP contribution in [0.3, 0.4) is 0 Å². The lowest BCUT2D eigenvalue weighted by atomic mass is 9.90. The summed E-state index contributed by atoms with van der Waals surface area (Å²) in [6.07, 6.45) is 4.45. The molecule has 4 rings (SSSR count). The van der Waals surface area contributed by atoms with E-state index in [-0.39, 0.29) is 18.1 Å². The lowest BCUT2D eigenvalue weighted by molar-refractivity contribution is 0.0522. The summed E-state index contributed by atoms with van der Waals surface area (Å²) in [5, 5.41) is 7.95. The fourth-order valence-electron chi connectivity index (χ4n) is 4.75. The maximum absolute atomic E-state index is 13.4. The summed E-state index contributed by atoms with van der Waals surface area (Å²) < 4.78 is 6.67. The van der Waals surface area contributed by atoms with Crippen molar-refractivity contribution in [2.24, 2.45) is 0 Å². The Labute approximate surface area is 206 Å². The molecule has 3 aromatic rings. The summed E-state index contributed by atoms with van der Waals surface area (Å²) in [6.45, 7) is 6.47. The predicted molar refractivity (Wildman–Crippen MR) is 138 cm³/mol. The lowest BCUT2D eigenvalue weighted by Gasteiger charge is -2.42. The monoisotopic (exact) mass is 477 g/mol. The first kappa shape index (κ1) is 24.7. The minimum Gasteiger partial charge on any atom is -0.442 e. The number of hydrogen-bond acceptors (Lipinski definition) is 5. The molecule has 1 aliphatic heterocycles. The van der Waals surface area contributed by atoms with Gasteiger partial charge in [-0.2, -0.15) is 9.78 Å². The maximum Gasteiger partial charge on any atom is 0.435 e. The summed E-state index contributed by atoms with van der Waals surface area (Å²) in [4.78, 5) is 30.0. The third-order valence-electron chi connectivity index (χ3n) is 6.46. The molecule has 0 saturated carbocycles. The van der Waals surface area contributed by atoms with E-state index in [4.69, 9.17) is 4.74 Å². The van der Waals surface area contributed by atoms with Gasteiger partial charge >= 0.3 is 12.1 Å². The molecule has 2 aromatic carbocycles. The van der Waals surface area contributed by atoms with Crippen molar-refractivity contribution in [3.63, 3.8) is 0 Å². The number of urea groups is 1. The number of anilines is 1. The minimum atomic E-state index is -0.616. The molecule has 186 valence electrons. The topological polar surface area (TPSA) is 79.7 Å². The van der Waals surface area contributed by atoms with E-state index in [9.17, 15) is 9.59 Å². The number of rotatable bonds is 4. The van der Waals surface area contributed by atoms with Gasteiger partial charge in [0.1, 0.15) is 5.60 Å². The minimum absolute atomic E-state index is 0.0693. The van der Waals surface area contributed by atoms with Crippen molar-refractivity contribution in [2.45, 2.75) is 57.7 Å². The van der Waals surface area contributed by atoms with Crippen molar-refractivity contribution in [3.05, 3.63) is 60.3 Å². The highest BCUT2D eigenvalue weighted by Gasteiger charge is 2.34. The van der Waals surface area contributed by atoms with Crippen LogP contribution in [0.5, 0.6) is 0 Å². The third-order valence-corrected chi connectivity index (χ3v) is 6.46. The zero-order valence-electron chi connectivity index (χ0n) is 21.2. The number of carbonyl (C=O) groups excluding carboxylic acids is 2. The normalized spacial score (nSPS) is 17.7. The number of hydrogen-bond donors (Lipinski definition) is 1. The number of aromatic nitrogens is 2. The zero-order valence-corrected chi connectivity index (χ0v) is 21.2. The number of piperidine rings is 1. The molecule has 0 bridgehead atoms. The number of nitrogens with one attached hydrogen (secondary N) is 1. The highest BCUT2D eigenvalue weighted by Crippen LogP contribution is 2.32. The Hall–Kier alpha value is -3.39. The molecule has 0 spiro atoms.